The number of fused-ring (bicyclic) bond motifs is 1. The van der Waals surface area contributed by atoms with E-state index >= 15 is 0 Å². The molecule has 7 nitrogen and oxygen atoms in total. The molecule has 1 atom stereocenters. The molecule has 0 fully saturated rings. The van der Waals surface area contributed by atoms with Gasteiger partial charge in [-0.1, -0.05) is 11.6 Å². The first kappa shape index (κ1) is 18.0. The van der Waals surface area contributed by atoms with Crippen molar-refractivity contribution in [1.29, 1.82) is 0 Å². The van der Waals surface area contributed by atoms with Crippen molar-refractivity contribution in [3.05, 3.63) is 40.2 Å². The molecule has 0 amide bonds. The van der Waals surface area contributed by atoms with Crippen LogP contribution in [0.1, 0.15) is 23.1 Å². The van der Waals surface area contributed by atoms with Crippen molar-refractivity contribution in [1.82, 2.24) is 14.7 Å². The summed E-state index contributed by atoms with van der Waals surface area (Å²) >= 11 is 6.25. The van der Waals surface area contributed by atoms with Crippen LogP contribution in [0.15, 0.2) is 18.2 Å². The minimum absolute atomic E-state index is 0.332. The number of aliphatic hydroxyl groups excluding tert-OH is 2. The van der Waals surface area contributed by atoms with Gasteiger partial charge >= 0.3 is 0 Å². The van der Waals surface area contributed by atoms with Crippen LogP contribution in [0.3, 0.4) is 0 Å². The molecule has 0 radical (unpaired) electrons. The second-order valence-electron chi connectivity index (χ2n) is 5.99. The van der Waals surface area contributed by atoms with E-state index < -0.39 is 6.10 Å². The minimum atomic E-state index is -0.938. The smallest absolute Gasteiger partial charge is 0.141 e. The van der Waals surface area contributed by atoms with Gasteiger partial charge in [-0.15, -0.1) is 0 Å². The Morgan fingerprint density at radius 3 is 2.64 bits per heavy atom. The normalized spacial score (nSPS) is 15.7. The second kappa shape index (κ2) is 7.61. The summed E-state index contributed by atoms with van der Waals surface area (Å²) < 4.78 is 12.6. The molecule has 0 aliphatic carbocycles. The van der Waals surface area contributed by atoms with Crippen LogP contribution in [0.2, 0.25) is 5.02 Å². The highest BCUT2D eigenvalue weighted by Gasteiger charge is 2.22. The molecule has 0 saturated heterocycles. The Kier molecular flexibility index (Phi) is 5.48. The summed E-state index contributed by atoms with van der Waals surface area (Å²) in [5, 5.41) is 23.7. The van der Waals surface area contributed by atoms with E-state index in [0.717, 1.165) is 30.1 Å². The molecule has 0 spiro atoms. The maximum atomic E-state index is 9.75. The zero-order valence-electron chi connectivity index (χ0n) is 14.3. The number of hydrogen-bond donors (Lipinski definition) is 2. The molecule has 1 unspecified atom stereocenters. The van der Waals surface area contributed by atoms with Gasteiger partial charge in [0.15, 0.2) is 0 Å². The third kappa shape index (κ3) is 3.74. The molecule has 8 heteroatoms. The number of methoxy groups -OCH3 is 2. The quantitative estimate of drug-likeness (QED) is 0.807. The first-order chi connectivity index (χ1) is 12.0. The SMILES string of the molecule is COc1cc(OC)c(CN2CCn3nc(C(O)CO)cc3C2)cc1Cl. The fourth-order valence-corrected chi connectivity index (χ4v) is 3.28. The standard InChI is InChI=1S/C17H22ClN3O4/c1-24-16-7-17(25-2)13(18)5-11(16)8-20-3-4-21-12(9-20)6-14(19-21)15(23)10-22/h5-7,15,22-23H,3-4,8-10H2,1-2H3. The Balaban J connectivity index is 1.77. The van der Waals surface area contributed by atoms with Crippen LogP contribution in [-0.2, 0) is 19.6 Å². The third-order valence-electron chi connectivity index (χ3n) is 4.36. The number of benzene rings is 1. The van der Waals surface area contributed by atoms with Crippen LogP contribution in [0.25, 0.3) is 0 Å². The molecular formula is C17H22ClN3O4. The fraction of sp³-hybridized carbons (Fsp3) is 0.471. The van der Waals surface area contributed by atoms with Crippen LogP contribution < -0.4 is 9.47 Å². The van der Waals surface area contributed by atoms with Crippen LogP contribution >= 0.6 is 11.6 Å². The summed E-state index contributed by atoms with van der Waals surface area (Å²) in [6, 6.07) is 5.50. The zero-order valence-corrected chi connectivity index (χ0v) is 15.0. The molecule has 1 aliphatic rings. The van der Waals surface area contributed by atoms with Gasteiger partial charge < -0.3 is 19.7 Å². The lowest BCUT2D eigenvalue weighted by molar-refractivity contribution is 0.0915. The Labute approximate surface area is 151 Å². The van der Waals surface area contributed by atoms with E-state index in [-0.39, 0.29) is 6.61 Å². The first-order valence-corrected chi connectivity index (χ1v) is 8.41. The van der Waals surface area contributed by atoms with Crippen molar-refractivity contribution in [3.8, 4) is 11.5 Å². The van der Waals surface area contributed by atoms with Gasteiger partial charge in [-0.3, -0.25) is 9.58 Å². The molecule has 0 saturated carbocycles. The molecule has 25 heavy (non-hydrogen) atoms. The molecule has 2 aromatic rings. The van der Waals surface area contributed by atoms with E-state index in [1.165, 1.54) is 0 Å². The lowest BCUT2D eigenvalue weighted by Gasteiger charge is -2.28. The van der Waals surface area contributed by atoms with E-state index in [9.17, 15) is 5.11 Å². The predicted octanol–water partition coefficient (Wildman–Crippen LogP) is 1.60. The van der Waals surface area contributed by atoms with Gasteiger partial charge in [0.25, 0.3) is 0 Å². The summed E-state index contributed by atoms with van der Waals surface area (Å²) in [5.74, 6) is 1.32. The van der Waals surface area contributed by atoms with Crippen molar-refractivity contribution in [2.45, 2.75) is 25.7 Å². The highest BCUT2D eigenvalue weighted by atomic mass is 35.5. The largest absolute Gasteiger partial charge is 0.496 e. The Morgan fingerprint density at radius 1 is 1.20 bits per heavy atom. The molecule has 2 N–H and O–H groups in total. The highest BCUT2D eigenvalue weighted by molar-refractivity contribution is 6.32. The number of rotatable bonds is 6. The number of ether oxygens (including phenoxy) is 2. The summed E-state index contributed by atoms with van der Waals surface area (Å²) in [6.07, 6.45) is -0.938. The Morgan fingerprint density at radius 2 is 1.96 bits per heavy atom. The van der Waals surface area contributed by atoms with Gasteiger partial charge in [-0.05, 0) is 12.1 Å². The maximum absolute atomic E-state index is 9.75. The predicted molar refractivity (Wildman–Crippen MR) is 92.9 cm³/mol. The Bertz CT molecular complexity index is 750. The molecule has 1 aliphatic heterocycles. The van der Waals surface area contributed by atoms with Crippen molar-refractivity contribution in [3.63, 3.8) is 0 Å². The first-order valence-electron chi connectivity index (χ1n) is 8.04. The number of hydrogen-bond acceptors (Lipinski definition) is 6. The summed E-state index contributed by atoms with van der Waals surface area (Å²) in [6.45, 7) is 2.57. The summed E-state index contributed by atoms with van der Waals surface area (Å²) in [4.78, 5) is 2.26. The van der Waals surface area contributed by atoms with Crippen molar-refractivity contribution >= 4 is 11.6 Å². The van der Waals surface area contributed by atoms with Crippen LogP contribution in [-0.4, -0.2) is 52.3 Å². The van der Waals surface area contributed by atoms with E-state index in [0.29, 0.717) is 29.6 Å². The van der Waals surface area contributed by atoms with Gasteiger partial charge in [0.05, 0.1) is 43.8 Å². The average Bonchev–Trinajstić information content (AvgIpc) is 3.04. The van der Waals surface area contributed by atoms with E-state index in [1.807, 2.05) is 16.8 Å². The molecule has 3 rings (SSSR count). The summed E-state index contributed by atoms with van der Waals surface area (Å²) in [5.41, 5.74) is 2.49. The van der Waals surface area contributed by atoms with Gasteiger partial charge in [-0.25, -0.2) is 0 Å². The lowest BCUT2D eigenvalue weighted by atomic mass is 10.1. The van der Waals surface area contributed by atoms with Crippen molar-refractivity contribution in [2.75, 3.05) is 27.4 Å². The van der Waals surface area contributed by atoms with E-state index in [2.05, 4.69) is 10.00 Å². The van der Waals surface area contributed by atoms with Crippen LogP contribution in [0.4, 0.5) is 0 Å². The third-order valence-corrected chi connectivity index (χ3v) is 4.65. The average molecular weight is 368 g/mol. The molecule has 1 aromatic carbocycles. The van der Waals surface area contributed by atoms with Gasteiger partial charge in [0.1, 0.15) is 17.6 Å². The summed E-state index contributed by atoms with van der Waals surface area (Å²) in [7, 11) is 3.20. The molecule has 136 valence electrons. The topological polar surface area (TPSA) is 80.0 Å². The van der Waals surface area contributed by atoms with Crippen molar-refractivity contribution in [2.24, 2.45) is 0 Å². The van der Waals surface area contributed by atoms with E-state index in [1.54, 1.807) is 20.3 Å². The van der Waals surface area contributed by atoms with Gasteiger partial charge in [0, 0.05) is 31.3 Å². The highest BCUT2D eigenvalue weighted by Crippen LogP contribution is 2.33. The van der Waals surface area contributed by atoms with Gasteiger partial charge in [-0.2, -0.15) is 5.10 Å². The monoisotopic (exact) mass is 367 g/mol. The molecule has 2 heterocycles. The maximum Gasteiger partial charge on any atom is 0.141 e. The van der Waals surface area contributed by atoms with Crippen LogP contribution in [0.5, 0.6) is 11.5 Å². The fourth-order valence-electron chi connectivity index (χ4n) is 3.02. The van der Waals surface area contributed by atoms with Crippen molar-refractivity contribution < 1.29 is 19.7 Å². The number of aromatic nitrogens is 2. The lowest BCUT2D eigenvalue weighted by Crippen LogP contribution is -2.33. The van der Waals surface area contributed by atoms with E-state index in [4.69, 9.17) is 26.2 Å². The number of nitrogens with zero attached hydrogens (tertiary/aromatic N) is 3. The molecule has 0 bridgehead atoms. The number of aliphatic hydroxyl groups is 2. The zero-order chi connectivity index (χ0) is 18.0. The second-order valence-corrected chi connectivity index (χ2v) is 6.40. The number of halogens is 1. The van der Waals surface area contributed by atoms with Crippen LogP contribution in [0, 0.1) is 0 Å². The Hall–Kier alpha value is -1.80. The minimum Gasteiger partial charge on any atom is -0.496 e. The van der Waals surface area contributed by atoms with Gasteiger partial charge in [0.2, 0.25) is 0 Å². The molecule has 1 aromatic heterocycles. The molecular weight excluding hydrogens is 346 g/mol.